The van der Waals surface area contributed by atoms with Crippen LogP contribution < -0.4 is 0 Å². The van der Waals surface area contributed by atoms with Gasteiger partial charge in [0, 0.05) is 18.0 Å². The first kappa shape index (κ1) is 6.49. The Balaban J connectivity index is 2.94. The van der Waals surface area contributed by atoms with Crippen molar-refractivity contribution in [2.24, 2.45) is 0 Å². The Morgan fingerprint density at radius 2 is 2.33 bits per heavy atom. The van der Waals surface area contributed by atoms with E-state index < -0.39 is 6.67 Å². The standard InChI is InChI=1S/C6H5ClFN/c7-6-1-5(2-8)3-9-4-6/h1,3-4H,2H2. The second-order valence-electron chi connectivity index (χ2n) is 1.65. The van der Waals surface area contributed by atoms with Gasteiger partial charge in [0.2, 0.25) is 0 Å². The van der Waals surface area contributed by atoms with Crippen LogP contribution in [0.1, 0.15) is 5.56 Å². The molecule has 0 aromatic carbocycles. The maximum atomic E-state index is 11.8. The van der Waals surface area contributed by atoms with Gasteiger partial charge in [0.15, 0.2) is 0 Å². The van der Waals surface area contributed by atoms with E-state index in [1.54, 1.807) is 6.07 Å². The van der Waals surface area contributed by atoms with Gasteiger partial charge in [-0.1, -0.05) is 11.6 Å². The maximum absolute atomic E-state index is 11.8. The molecular formula is C6H5ClFN. The molecule has 1 rings (SSSR count). The molecule has 0 atom stereocenters. The zero-order valence-corrected chi connectivity index (χ0v) is 5.40. The molecule has 0 amide bonds. The SMILES string of the molecule is FCc1cncc(Cl)c1. The van der Waals surface area contributed by atoms with Crippen LogP contribution in [-0.4, -0.2) is 4.98 Å². The Morgan fingerprint density at radius 1 is 1.56 bits per heavy atom. The summed E-state index contributed by atoms with van der Waals surface area (Å²) >= 11 is 5.49. The summed E-state index contributed by atoms with van der Waals surface area (Å²) in [6, 6.07) is 1.55. The minimum absolute atomic E-state index is 0.477. The maximum Gasteiger partial charge on any atom is 0.116 e. The first-order valence-electron chi connectivity index (χ1n) is 2.48. The molecule has 9 heavy (non-hydrogen) atoms. The predicted octanol–water partition coefficient (Wildman–Crippen LogP) is 2.20. The molecule has 0 N–H and O–H groups in total. The van der Waals surface area contributed by atoms with E-state index in [4.69, 9.17) is 11.6 Å². The van der Waals surface area contributed by atoms with Crippen LogP contribution in [0.5, 0.6) is 0 Å². The van der Waals surface area contributed by atoms with Gasteiger partial charge in [-0.25, -0.2) is 4.39 Å². The van der Waals surface area contributed by atoms with Crippen LogP contribution >= 0.6 is 11.6 Å². The van der Waals surface area contributed by atoms with Crippen LogP contribution in [0.2, 0.25) is 5.02 Å². The lowest BCUT2D eigenvalue weighted by atomic mass is 10.3. The summed E-state index contributed by atoms with van der Waals surface area (Å²) in [5, 5.41) is 0.477. The van der Waals surface area contributed by atoms with Gasteiger partial charge in [-0.2, -0.15) is 0 Å². The lowest BCUT2D eigenvalue weighted by Gasteiger charge is -1.91. The van der Waals surface area contributed by atoms with Gasteiger partial charge >= 0.3 is 0 Å². The Labute approximate surface area is 57.5 Å². The first-order valence-corrected chi connectivity index (χ1v) is 2.86. The number of aromatic nitrogens is 1. The van der Waals surface area contributed by atoms with Crippen molar-refractivity contribution in [1.82, 2.24) is 4.98 Å². The number of alkyl halides is 1. The highest BCUT2D eigenvalue weighted by Crippen LogP contribution is 2.08. The second kappa shape index (κ2) is 2.78. The van der Waals surface area contributed by atoms with Gasteiger partial charge in [0.25, 0.3) is 0 Å². The van der Waals surface area contributed by atoms with Crippen molar-refractivity contribution >= 4 is 11.6 Å². The fourth-order valence-electron chi connectivity index (χ4n) is 0.529. The van der Waals surface area contributed by atoms with Crippen molar-refractivity contribution < 1.29 is 4.39 Å². The van der Waals surface area contributed by atoms with Crippen molar-refractivity contribution in [2.45, 2.75) is 6.67 Å². The predicted molar refractivity (Wildman–Crippen MR) is 34.1 cm³/mol. The van der Waals surface area contributed by atoms with Crippen LogP contribution in [-0.2, 0) is 6.67 Å². The normalized spacial score (nSPS) is 9.56. The van der Waals surface area contributed by atoms with Crippen LogP contribution in [0, 0.1) is 0 Å². The quantitative estimate of drug-likeness (QED) is 0.591. The highest BCUT2D eigenvalue weighted by Gasteiger charge is 1.90. The molecule has 1 nitrogen and oxygen atoms in total. The summed E-state index contributed by atoms with van der Waals surface area (Å²) in [4.78, 5) is 3.68. The Hall–Kier alpha value is -0.630. The lowest BCUT2D eigenvalue weighted by Crippen LogP contribution is -1.79. The summed E-state index contributed by atoms with van der Waals surface area (Å²) in [6.45, 7) is -0.506. The number of rotatable bonds is 1. The van der Waals surface area contributed by atoms with Crippen molar-refractivity contribution in [2.75, 3.05) is 0 Å². The zero-order valence-electron chi connectivity index (χ0n) is 4.64. The van der Waals surface area contributed by atoms with E-state index in [1.165, 1.54) is 12.4 Å². The Bertz CT molecular complexity index is 202. The van der Waals surface area contributed by atoms with Crippen molar-refractivity contribution in [1.29, 1.82) is 0 Å². The third-order valence-corrected chi connectivity index (χ3v) is 1.12. The van der Waals surface area contributed by atoms with Crippen molar-refractivity contribution in [3.8, 4) is 0 Å². The molecule has 0 bridgehead atoms. The van der Waals surface area contributed by atoms with Crippen LogP contribution in [0.15, 0.2) is 18.5 Å². The van der Waals surface area contributed by atoms with Gasteiger partial charge in [-0.3, -0.25) is 4.98 Å². The van der Waals surface area contributed by atoms with Crippen LogP contribution in [0.3, 0.4) is 0 Å². The van der Waals surface area contributed by atoms with Gasteiger partial charge in [-0.15, -0.1) is 0 Å². The minimum atomic E-state index is -0.506. The summed E-state index contributed by atoms with van der Waals surface area (Å²) in [5.41, 5.74) is 0.516. The van der Waals surface area contributed by atoms with Crippen molar-refractivity contribution in [3.63, 3.8) is 0 Å². The number of hydrogen-bond donors (Lipinski definition) is 0. The number of halogens is 2. The summed E-state index contributed by atoms with van der Waals surface area (Å²) in [6.07, 6.45) is 2.92. The Morgan fingerprint density at radius 3 is 2.78 bits per heavy atom. The molecule has 1 heterocycles. The average Bonchev–Trinajstić information content (AvgIpc) is 1.88. The molecule has 48 valence electrons. The monoisotopic (exact) mass is 145 g/mol. The largest absolute Gasteiger partial charge is 0.263 e. The van der Waals surface area contributed by atoms with E-state index in [-0.39, 0.29) is 0 Å². The molecule has 0 aliphatic rings. The van der Waals surface area contributed by atoms with Gasteiger partial charge in [0.05, 0.1) is 5.02 Å². The van der Waals surface area contributed by atoms with E-state index >= 15 is 0 Å². The van der Waals surface area contributed by atoms with E-state index in [0.717, 1.165) is 0 Å². The summed E-state index contributed by atoms with van der Waals surface area (Å²) in [7, 11) is 0. The summed E-state index contributed by atoms with van der Waals surface area (Å²) < 4.78 is 11.8. The lowest BCUT2D eigenvalue weighted by molar-refractivity contribution is 0.484. The number of pyridine rings is 1. The van der Waals surface area contributed by atoms with Crippen LogP contribution in [0.25, 0.3) is 0 Å². The van der Waals surface area contributed by atoms with Crippen LogP contribution in [0.4, 0.5) is 4.39 Å². The number of nitrogens with zero attached hydrogens (tertiary/aromatic N) is 1. The fraction of sp³-hybridized carbons (Fsp3) is 0.167. The molecule has 3 heteroatoms. The second-order valence-corrected chi connectivity index (χ2v) is 2.08. The Kier molecular flexibility index (Phi) is 2.01. The third-order valence-electron chi connectivity index (χ3n) is 0.916. The molecule has 0 radical (unpaired) electrons. The van der Waals surface area contributed by atoms with E-state index in [0.29, 0.717) is 10.6 Å². The van der Waals surface area contributed by atoms with Gasteiger partial charge in [0.1, 0.15) is 6.67 Å². The topological polar surface area (TPSA) is 12.9 Å². The molecule has 1 aromatic rings. The zero-order chi connectivity index (χ0) is 6.69. The first-order chi connectivity index (χ1) is 4.33. The summed E-state index contributed by atoms with van der Waals surface area (Å²) in [5.74, 6) is 0. The average molecular weight is 146 g/mol. The van der Waals surface area contributed by atoms with E-state index in [1.807, 2.05) is 0 Å². The van der Waals surface area contributed by atoms with Crippen molar-refractivity contribution in [3.05, 3.63) is 29.0 Å². The van der Waals surface area contributed by atoms with E-state index in [9.17, 15) is 4.39 Å². The molecule has 0 aliphatic carbocycles. The third kappa shape index (κ3) is 1.64. The van der Waals surface area contributed by atoms with Gasteiger partial charge in [-0.05, 0) is 6.07 Å². The highest BCUT2D eigenvalue weighted by molar-refractivity contribution is 6.30. The molecular weight excluding hydrogens is 141 g/mol. The van der Waals surface area contributed by atoms with Gasteiger partial charge < -0.3 is 0 Å². The number of hydrogen-bond acceptors (Lipinski definition) is 1. The molecule has 0 aliphatic heterocycles. The fourth-order valence-corrected chi connectivity index (χ4v) is 0.725. The molecule has 0 spiro atoms. The van der Waals surface area contributed by atoms with E-state index in [2.05, 4.69) is 4.98 Å². The highest BCUT2D eigenvalue weighted by atomic mass is 35.5. The molecule has 0 saturated carbocycles. The molecule has 0 saturated heterocycles. The molecule has 0 unspecified atom stereocenters. The smallest absolute Gasteiger partial charge is 0.116 e. The minimum Gasteiger partial charge on any atom is -0.263 e. The molecule has 0 fully saturated rings. The molecule has 1 aromatic heterocycles.